The number of hydrogen-bond donors (Lipinski definition) is 0. The van der Waals surface area contributed by atoms with Crippen LogP contribution in [0.25, 0.3) is 11.0 Å². The molecule has 1 aromatic heterocycles. The van der Waals surface area contributed by atoms with Gasteiger partial charge in [0.15, 0.2) is 0 Å². The number of nitrogens with zero attached hydrogens (tertiary/aromatic N) is 4. The Morgan fingerprint density at radius 2 is 1.92 bits per heavy atom. The summed E-state index contributed by atoms with van der Waals surface area (Å²) in [6.07, 6.45) is 2.46. The minimum atomic E-state index is 0.164. The Hall–Kier alpha value is -1.43. The van der Waals surface area contributed by atoms with Gasteiger partial charge in [-0.2, -0.15) is 0 Å². The molecule has 1 atom stereocenters. The van der Waals surface area contributed by atoms with E-state index in [0.29, 0.717) is 6.04 Å². The van der Waals surface area contributed by atoms with Gasteiger partial charge in [-0.05, 0) is 45.4 Å². The van der Waals surface area contributed by atoms with Crippen molar-refractivity contribution in [1.29, 1.82) is 0 Å². The minimum absolute atomic E-state index is 0.164. The highest BCUT2D eigenvalue weighted by molar-refractivity contribution is 5.75. The average Bonchev–Trinajstić information content (AvgIpc) is 3.20. The normalized spacial score (nSPS) is 23.6. The number of aromatic nitrogens is 2. The van der Waals surface area contributed by atoms with Gasteiger partial charge in [-0.1, -0.05) is 12.1 Å². The summed E-state index contributed by atoms with van der Waals surface area (Å²) in [5, 5.41) is 0. The average molecular weight is 342 g/mol. The van der Waals surface area contributed by atoms with E-state index in [-0.39, 0.29) is 5.54 Å². The molecule has 0 saturated carbocycles. The molecule has 0 radical (unpaired) electrons. The smallest absolute Gasteiger partial charge is 0.127 e. The summed E-state index contributed by atoms with van der Waals surface area (Å²) in [5.74, 6) is 1.22. The third-order valence-electron chi connectivity index (χ3n) is 5.94. The highest BCUT2D eigenvalue weighted by Gasteiger charge is 2.36. The Morgan fingerprint density at radius 3 is 2.68 bits per heavy atom. The van der Waals surface area contributed by atoms with E-state index in [2.05, 4.69) is 59.5 Å². The van der Waals surface area contributed by atoms with E-state index in [9.17, 15) is 0 Å². The number of ether oxygens (including phenoxy) is 1. The first-order valence-electron chi connectivity index (χ1n) is 9.54. The highest BCUT2D eigenvalue weighted by atomic mass is 16.5. The fourth-order valence-electron chi connectivity index (χ4n) is 4.54. The van der Waals surface area contributed by atoms with Crippen LogP contribution < -0.4 is 0 Å². The molecule has 2 aromatic rings. The van der Waals surface area contributed by atoms with Crippen molar-refractivity contribution in [2.45, 2.75) is 38.3 Å². The molecule has 4 rings (SSSR count). The number of benzene rings is 1. The number of morpholine rings is 1. The number of aryl methyl sites for hydroxylation is 1. The van der Waals surface area contributed by atoms with Gasteiger partial charge in [0, 0.05) is 32.2 Å². The first kappa shape index (κ1) is 17.0. The molecule has 5 nitrogen and oxygen atoms in total. The summed E-state index contributed by atoms with van der Waals surface area (Å²) < 4.78 is 7.83. The lowest BCUT2D eigenvalue weighted by Gasteiger charge is -2.43. The third-order valence-corrected chi connectivity index (χ3v) is 5.94. The Bertz CT molecular complexity index is 732. The van der Waals surface area contributed by atoms with Gasteiger partial charge in [0.05, 0.1) is 30.3 Å². The molecule has 2 fully saturated rings. The zero-order valence-corrected chi connectivity index (χ0v) is 15.7. The number of imidazole rings is 1. The minimum Gasteiger partial charge on any atom is -0.379 e. The van der Waals surface area contributed by atoms with Crippen LogP contribution in [0, 0.1) is 0 Å². The first-order chi connectivity index (χ1) is 12.1. The summed E-state index contributed by atoms with van der Waals surface area (Å²) >= 11 is 0. The standard InChI is InChI=1S/C20H30N4O/c1-20(2,24-11-13-25-14-12-24)15-23-10-6-9-18(23)19-21-16-7-4-5-8-17(16)22(19)3/h4-5,7-8,18H,6,9-15H2,1-3H3/t18-/m0/s1. The Kier molecular flexibility index (Phi) is 4.56. The number of hydrogen-bond acceptors (Lipinski definition) is 4. The molecule has 2 aliphatic rings. The molecule has 3 heterocycles. The van der Waals surface area contributed by atoms with Gasteiger partial charge in [-0.3, -0.25) is 9.80 Å². The van der Waals surface area contributed by atoms with Crippen LogP contribution in [0.15, 0.2) is 24.3 Å². The van der Waals surface area contributed by atoms with Gasteiger partial charge in [0.25, 0.3) is 0 Å². The van der Waals surface area contributed by atoms with Crippen LogP contribution in [0.2, 0.25) is 0 Å². The largest absolute Gasteiger partial charge is 0.379 e. The van der Waals surface area contributed by atoms with Gasteiger partial charge in [-0.25, -0.2) is 4.98 Å². The van der Waals surface area contributed by atoms with Crippen molar-refractivity contribution in [2.24, 2.45) is 7.05 Å². The second-order valence-corrected chi connectivity index (χ2v) is 8.06. The maximum absolute atomic E-state index is 5.54. The Labute approximate surface area is 150 Å². The molecule has 1 aromatic carbocycles. The maximum atomic E-state index is 5.54. The van der Waals surface area contributed by atoms with Crippen LogP contribution in [0.1, 0.15) is 38.6 Å². The van der Waals surface area contributed by atoms with Crippen LogP contribution in [0.4, 0.5) is 0 Å². The second-order valence-electron chi connectivity index (χ2n) is 8.06. The van der Waals surface area contributed by atoms with Crippen molar-refractivity contribution in [1.82, 2.24) is 19.4 Å². The highest BCUT2D eigenvalue weighted by Crippen LogP contribution is 2.34. The van der Waals surface area contributed by atoms with Gasteiger partial charge < -0.3 is 9.30 Å². The van der Waals surface area contributed by atoms with Crippen molar-refractivity contribution < 1.29 is 4.74 Å². The molecule has 0 amide bonds. The van der Waals surface area contributed by atoms with Crippen molar-refractivity contribution >= 4 is 11.0 Å². The topological polar surface area (TPSA) is 33.5 Å². The fourth-order valence-corrected chi connectivity index (χ4v) is 4.54. The fraction of sp³-hybridized carbons (Fsp3) is 0.650. The van der Waals surface area contributed by atoms with E-state index >= 15 is 0 Å². The van der Waals surface area contributed by atoms with Gasteiger partial charge in [-0.15, -0.1) is 0 Å². The van der Waals surface area contributed by atoms with E-state index in [1.165, 1.54) is 30.7 Å². The number of para-hydroxylation sites is 2. The lowest BCUT2D eigenvalue weighted by atomic mass is 10.0. The SMILES string of the molecule is Cn1c([C@@H]2CCCN2CC(C)(C)N2CCOCC2)nc2ccccc21. The van der Waals surface area contributed by atoms with E-state index in [1.807, 2.05) is 0 Å². The summed E-state index contributed by atoms with van der Waals surface area (Å²) in [4.78, 5) is 10.2. The zero-order chi connectivity index (χ0) is 17.4. The van der Waals surface area contributed by atoms with Crippen molar-refractivity contribution in [3.63, 3.8) is 0 Å². The van der Waals surface area contributed by atoms with Crippen molar-refractivity contribution in [3.8, 4) is 0 Å². The predicted octanol–water partition coefficient (Wildman–Crippen LogP) is 2.82. The lowest BCUT2D eigenvalue weighted by Crippen LogP contribution is -2.55. The van der Waals surface area contributed by atoms with Crippen molar-refractivity contribution in [2.75, 3.05) is 39.4 Å². The number of rotatable bonds is 4. The molecule has 136 valence electrons. The van der Waals surface area contributed by atoms with Crippen LogP contribution in [-0.2, 0) is 11.8 Å². The Morgan fingerprint density at radius 1 is 1.16 bits per heavy atom. The molecule has 0 spiro atoms. The third kappa shape index (κ3) is 3.21. The predicted molar refractivity (Wildman–Crippen MR) is 101 cm³/mol. The van der Waals surface area contributed by atoms with E-state index in [4.69, 9.17) is 9.72 Å². The number of fused-ring (bicyclic) bond motifs is 1. The number of likely N-dealkylation sites (tertiary alicyclic amines) is 1. The molecule has 0 bridgehead atoms. The summed E-state index contributed by atoms with van der Waals surface area (Å²) in [6.45, 7) is 10.8. The molecule has 0 unspecified atom stereocenters. The molecule has 5 heteroatoms. The van der Waals surface area contributed by atoms with Gasteiger partial charge in [0.2, 0.25) is 0 Å². The van der Waals surface area contributed by atoms with E-state index in [1.54, 1.807) is 0 Å². The molecule has 0 aliphatic carbocycles. The summed E-state index contributed by atoms with van der Waals surface area (Å²) in [5.41, 5.74) is 2.51. The van der Waals surface area contributed by atoms with E-state index < -0.39 is 0 Å². The van der Waals surface area contributed by atoms with Crippen LogP contribution in [0.3, 0.4) is 0 Å². The molecule has 0 N–H and O–H groups in total. The summed E-state index contributed by atoms with van der Waals surface area (Å²) in [7, 11) is 2.16. The molecular weight excluding hydrogens is 312 g/mol. The maximum Gasteiger partial charge on any atom is 0.127 e. The van der Waals surface area contributed by atoms with E-state index in [0.717, 1.165) is 38.4 Å². The quantitative estimate of drug-likeness (QED) is 0.855. The van der Waals surface area contributed by atoms with Gasteiger partial charge in [0.1, 0.15) is 5.82 Å². The van der Waals surface area contributed by atoms with Crippen LogP contribution in [-0.4, -0.2) is 64.3 Å². The molecule has 2 saturated heterocycles. The molecule has 25 heavy (non-hydrogen) atoms. The second kappa shape index (κ2) is 6.71. The molecule has 2 aliphatic heterocycles. The zero-order valence-electron chi connectivity index (χ0n) is 15.7. The van der Waals surface area contributed by atoms with Gasteiger partial charge >= 0.3 is 0 Å². The molecular formula is C20H30N4O. The Balaban J connectivity index is 1.56. The monoisotopic (exact) mass is 342 g/mol. The lowest BCUT2D eigenvalue weighted by molar-refractivity contribution is -0.0234. The summed E-state index contributed by atoms with van der Waals surface area (Å²) in [6, 6.07) is 8.89. The van der Waals surface area contributed by atoms with Crippen LogP contribution >= 0.6 is 0 Å². The van der Waals surface area contributed by atoms with Crippen LogP contribution in [0.5, 0.6) is 0 Å². The van der Waals surface area contributed by atoms with Crippen molar-refractivity contribution in [3.05, 3.63) is 30.1 Å². The first-order valence-corrected chi connectivity index (χ1v) is 9.54.